The monoisotopic (exact) mass is 220 g/mol. The van der Waals surface area contributed by atoms with Crippen molar-refractivity contribution in [1.82, 2.24) is 0 Å². The molecule has 1 rings (SSSR count). The SMILES string of the molecule is COc1ccc(/C(C)=C/C(C)=O)c(OC)c1. The molecule has 3 heteroatoms. The molecular weight excluding hydrogens is 204 g/mol. The van der Waals surface area contributed by atoms with Gasteiger partial charge in [-0.2, -0.15) is 0 Å². The first-order valence-corrected chi connectivity index (χ1v) is 4.99. The fourth-order valence-corrected chi connectivity index (χ4v) is 1.51. The summed E-state index contributed by atoms with van der Waals surface area (Å²) in [6.45, 7) is 3.41. The van der Waals surface area contributed by atoms with Crippen LogP contribution in [0.25, 0.3) is 5.57 Å². The zero-order valence-corrected chi connectivity index (χ0v) is 10.0. The number of hydrogen-bond donors (Lipinski definition) is 0. The topological polar surface area (TPSA) is 35.5 Å². The molecule has 0 radical (unpaired) electrons. The van der Waals surface area contributed by atoms with Crippen LogP contribution in [0.15, 0.2) is 24.3 Å². The van der Waals surface area contributed by atoms with E-state index < -0.39 is 0 Å². The van der Waals surface area contributed by atoms with E-state index in [0.29, 0.717) is 5.75 Å². The quantitative estimate of drug-likeness (QED) is 0.732. The van der Waals surface area contributed by atoms with E-state index in [1.165, 1.54) is 6.92 Å². The molecule has 0 atom stereocenters. The van der Waals surface area contributed by atoms with Crippen LogP contribution in [0.4, 0.5) is 0 Å². The van der Waals surface area contributed by atoms with Crippen LogP contribution in [-0.2, 0) is 4.79 Å². The Bertz CT molecular complexity index is 419. The molecule has 0 aromatic heterocycles. The van der Waals surface area contributed by atoms with Gasteiger partial charge in [0.15, 0.2) is 5.78 Å². The van der Waals surface area contributed by atoms with E-state index in [4.69, 9.17) is 9.47 Å². The molecule has 1 aromatic rings. The van der Waals surface area contributed by atoms with Gasteiger partial charge in [-0.3, -0.25) is 4.79 Å². The van der Waals surface area contributed by atoms with E-state index in [-0.39, 0.29) is 5.78 Å². The molecule has 0 spiro atoms. The Kier molecular flexibility index (Phi) is 4.11. The first-order valence-electron chi connectivity index (χ1n) is 4.99. The minimum atomic E-state index is 0.0235. The molecule has 0 saturated carbocycles. The standard InChI is InChI=1S/C13H16O3/c1-9(7-10(2)14)12-6-5-11(15-3)8-13(12)16-4/h5-8H,1-4H3/b9-7+. The molecule has 86 valence electrons. The number of allylic oxidation sites excluding steroid dienone is 2. The van der Waals surface area contributed by atoms with Gasteiger partial charge in [0.25, 0.3) is 0 Å². The molecule has 1 aromatic carbocycles. The van der Waals surface area contributed by atoms with Crippen LogP contribution in [0, 0.1) is 0 Å². The number of ether oxygens (including phenoxy) is 2. The van der Waals surface area contributed by atoms with Crippen LogP contribution in [0.5, 0.6) is 11.5 Å². The Labute approximate surface area is 95.7 Å². The van der Waals surface area contributed by atoms with Crippen molar-refractivity contribution in [3.63, 3.8) is 0 Å². The Morgan fingerprint density at radius 2 is 1.88 bits per heavy atom. The number of rotatable bonds is 4. The van der Waals surface area contributed by atoms with Crippen LogP contribution in [0.1, 0.15) is 19.4 Å². The third-order valence-electron chi connectivity index (χ3n) is 2.25. The van der Waals surface area contributed by atoms with E-state index in [2.05, 4.69) is 0 Å². The number of ketones is 1. The summed E-state index contributed by atoms with van der Waals surface area (Å²) in [5.74, 6) is 1.46. The Morgan fingerprint density at radius 3 is 2.38 bits per heavy atom. The number of methoxy groups -OCH3 is 2. The molecule has 0 aliphatic rings. The molecule has 0 unspecified atom stereocenters. The number of benzene rings is 1. The minimum absolute atomic E-state index is 0.0235. The fourth-order valence-electron chi connectivity index (χ4n) is 1.51. The lowest BCUT2D eigenvalue weighted by molar-refractivity contribution is -0.112. The summed E-state index contributed by atoms with van der Waals surface area (Å²) in [4.78, 5) is 11.0. The number of carbonyl (C=O) groups excluding carboxylic acids is 1. The van der Waals surface area contributed by atoms with E-state index >= 15 is 0 Å². The summed E-state index contributed by atoms with van der Waals surface area (Å²) in [6.07, 6.45) is 1.59. The Hall–Kier alpha value is -1.77. The van der Waals surface area contributed by atoms with Crippen molar-refractivity contribution in [2.24, 2.45) is 0 Å². The van der Waals surface area contributed by atoms with Crippen molar-refractivity contribution >= 4 is 11.4 Å². The lowest BCUT2D eigenvalue weighted by atomic mass is 10.0. The average molecular weight is 220 g/mol. The smallest absolute Gasteiger partial charge is 0.152 e. The molecule has 3 nitrogen and oxygen atoms in total. The van der Waals surface area contributed by atoms with Crippen molar-refractivity contribution in [3.05, 3.63) is 29.8 Å². The van der Waals surface area contributed by atoms with Crippen LogP contribution in [-0.4, -0.2) is 20.0 Å². The second-order valence-electron chi connectivity index (χ2n) is 3.50. The lowest BCUT2D eigenvalue weighted by Crippen LogP contribution is -1.93. The Balaban J connectivity index is 3.18. The highest BCUT2D eigenvalue weighted by atomic mass is 16.5. The largest absolute Gasteiger partial charge is 0.497 e. The van der Waals surface area contributed by atoms with Crippen molar-refractivity contribution in [3.8, 4) is 11.5 Å². The van der Waals surface area contributed by atoms with Gasteiger partial charge in [0.2, 0.25) is 0 Å². The molecule has 0 N–H and O–H groups in total. The summed E-state index contributed by atoms with van der Waals surface area (Å²) < 4.78 is 10.4. The normalized spacial score (nSPS) is 11.1. The van der Waals surface area contributed by atoms with Gasteiger partial charge in [-0.25, -0.2) is 0 Å². The fraction of sp³-hybridized carbons (Fsp3) is 0.308. The van der Waals surface area contributed by atoms with E-state index in [9.17, 15) is 4.79 Å². The van der Waals surface area contributed by atoms with Gasteiger partial charge in [0, 0.05) is 11.6 Å². The van der Waals surface area contributed by atoms with Gasteiger partial charge in [-0.15, -0.1) is 0 Å². The highest BCUT2D eigenvalue weighted by molar-refractivity contribution is 5.95. The molecule has 0 heterocycles. The van der Waals surface area contributed by atoms with Crippen molar-refractivity contribution in [1.29, 1.82) is 0 Å². The van der Waals surface area contributed by atoms with Crippen molar-refractivity contribution in [2.45, 2.75) is 13.8 Å². The van der Waals surface area contributed by atoms with Crippen LogP contribution in [0.2, 0.25) is 0 Å². The van der Waals surface area contributed by atoms with Crippen LogP contribution >= 0.6 is 0 Å². The highest BCUT2D eigenvalue weighted by Gasteiger charge is 2.06. The molecule has 0 bridgehead atoms. The molecule has 0 fully saturated rings. The molecule has 0 aliphatic heterocycles. The van der Waals surface area contributed by atoms with Gasteiger partial charge in [-0.1, -0.05) is 0 Å². The lowest BCUT2D eigenvalue weighted by Gasteiger charge is -2.10. The molecule has 0 aliphatic carbocycles. The third-order valence-corrected chi connectivity index (χ3v) is 2.25. The van der Waals surface area contributed by atoms with E-state index in [0.717, 1.165) is 16.9 Å². The first kappa shape index (κ1) is 12.3. The summed E-state index contributed by atoms with van der Waals surface area (Å²) in [5.41, 5.74) is 1.78. The second kappa shape index (κ2) is 5.35. The van der Waals surface area contributed by atoms with Gasteiger partial charge in [0.1, 0.15) is 11.5 Å². The molecular formula is C13H16O3. The molecule has 16 heavy (non-hydrogen) atoms. The van der Waals surface area contributed by atoms with Gasteiger partial charge >= 0.3 is 0 Å². The zero-order chi connectivity index (χ0) is 12.1. The summed E-state index contributed by atoms with van der Waals surface area (Å²) >= 11 is 0. The maximum Gasteiger partial charge on any atom is 0.152 e. The number of hydrogen-bond acceptors (Lipinski definition) is 3. The minimum Gasteiger partial charge on any atom is -0.497 e. The van der Waals surface area contributed by atoms with Gasteiger partial charge in [-0.05, 0) is 37.6 Å². The van der Waals surface area contributed by atoms with Gasteiger partial charge in [0.05, 0.1) is 14.2 Å². The predicted octanol–water partition coefficient (Wildman–Crippen LogP) is 2.70. The Morgan fingerprint density at radius 1 is 1.19 bits per heavy atom. The van der Waals surface area contributed by atoms with Crippen LogP contribution in [0.3, 0.4) is 0 Å². The first-order chi connectivity index (χ1) is 7.58. The second-order valence-corrected chi connectivity index (χ2v) is 3.50. The van der Waals surface area contributed by atoms with Crippen molar-refractivity contribution in [2.75, 3.05) is 14.2 Å². The number of carbonyl (C=O) groups is 1. The summed E-state index contributed by atoms with van der Waals surface area (Å²) in [7, 11) is 3.20. The maximum atomic E-state index is 11.0. The summed E-state index contributed by atoms with van der Waals surface area (Å²) in [5, 5.41) is 0. The maximum absolute atomic E-state index is 11.0. The predicted molar refractivity (Wildman–Crippen MR) is 63.9 cm³/mol. The third kappa shape index (κ3) is 2.86. The van der Waals surface area contributed by atoms with Crippen molar-refractivity contribution < 1.29 is 14.3 Å². The van der Waals surface area contributed by atoms with E-state index in [1.807, 2.05) is 19.1 Å². The highest BCUT2D eigenvalue weighted by Crippen LogP contribution is 2.29. The van der Waals surface area contributed by atoms with Gasteiger partial charge < -0.3 is 9.47 Å². The average Bonchev–Trinajstić information content (AvgIpc) is 2.27. The van der Waals surface area contributed by atoms with E-state index in [1.54, 1.807) is 26.4 Å². The zero-order valence-electron chi connectivity index (χ0n) is 10.0. The molecule has 0 amide bonds. The summed E-state index contributed by atoms with van der Waals surface area (Å²) in [6, 6.07) is 5.52. The van der Waals surface area contributed by atoms with Crippen LogP contribution < -0.4 is 9.47 Å². The molecule has 0 saturated heterocycles.